The zero-order valence-electron chi connectivity index (χ0n) is 14.7. The lowest BCUT2D eigenvalue weighted by Crippen LogP contribution is -2.37. The molecule has 1 aliphatic heterocycles. The van der Waals surface area contributed by atoms with Crippen LogP contribution in [0.15, 0.2) is 12.1 Å². The molecule has 11 heteroatoms. The van der Waals surface area contributed by atoms with E-state index in [4.69, 9.17) is 23.2 Å². The maximum atomic E-state index is 12.5. The number of nitrogens with zero attached hydrogens (tertiary/aromatic N) is 1. The summed E-state index contributed by atoms with van der Waals surface area (Å²) in [6.07, 6.45) is 4.13. The van der Waals surface area contributed by atoms with Crippen molar-refractivity contribution in [3.05, 3.63) is 27.7 Å². The Morgan fingerprint density at radius 2 is 1.79 bits per heavy atom. The first-order chi connectivity index (χ1) is 12.9. The van der Waals surface area contributed by atoms with E-state index in [0.29, 0.717) is 31.6 Å². The second-order valence-corrected chi connectivity index (χ2v) is 9.57. The first kappa shape index (κ1) is 21.7. The molecule has 1 unspecified atom stereocenters. The highest BCUT2D eigenvalue weighted by atomic mass is 35.5. The molecule has 0 bridgehead atoms. The fourth-order valence-electron chi connectivity index (χ4n) is 3.85. The Bertz CT molecular complexity index is 868. The fraction of sp³-hybridized carbons (Fsp3) is 0.588. The largest absolute Gasteiger partial charge is 0.534 e. The minimum absolute atomic E-state index is 0.00389. The second-order valence-electron chi connectivity index (χ2n) is 7.22. The Kier molecular flexibility index (Phi) is 5.93. The molecule has 1 aliphatic carbocycles. The van der Waals surface area contributed by atoms with Crippen molar-refractivity contribution < 1.29 is 30.6 Å². The number of alkyl halides is 3. The first-order valence-corrected chi connectivity index (χ1v) is 10.8. The molecule has 1 spiro atoms. The fourth-order valence-corrected chi connectivity index (χ4v) is 4.89. The van der Waals surface area contributed by atoms with Crippen LogP contribution in [0.5, 0.6) is 5.75 Å². The summed E-state index contributed by atoms with van der Waals surface area (Å²) in [5.74, 6) is -0.337. The highest BCUT2D eigenvalue weighted by molar-refractivity contribution is 7.88. The predicted octanol–water partition coefficient (Wildman–Crippen LogP) is 4.56. The molecule has 2 aliphatic rings. The molecule has 28 heavy (non-hydrogen) atoms. The van der Waals surface area contributed by atoms with Gasteiger partial charge >= 0.3 is 15.6 Å². The summed E-state index contributed by atoms with van der Waals surface area (Å²) in [7, 11) is -5.81. The molecule has 0 radical (unpaired) electrons. The molecule has 156 valence electrons. The van der Waals surface area contributed by atoms with Crippen LogP contribution in [-0.4, -0.2) is 37.7 Å². The van der Waals surface area contributed by atoms with Crippen LogP contribution in [0, 0.1) is 5.41 Å². The third-order valence-corrected chi connectivity index (χ3v) is 6.97. The Morgan fingerprint density at radius 3 is 2.36 bits per heavy atom. The van der Waals surface area contributed by atoms with Gasteiger partial charge in [0.1, 0.15) is 11.5 Å². The quantitative estimate of drug-likeness (QED) is 0.487. The SMILES string of the molecule is O=C1CCCCC12CCN(Cc1c(Cl)cc(OS(=O)(=O)C(F)(F)F)cc1Cl)C2. The van der Waals surface area contributed by atoms with Gasteiger partial charge in [-0.25, -0.2) is 0 Å². The Hall–Kier alpha value is -1.03. The van der Waals surface area contributed by atoms with Crippen LogP contribution < -0.4 is 4.18 Å². The number of carbonyl (C=O) groups is 1. The lowest BCUT2D eigenvalue weighted by Gasteiger charge is -2.31. The number of rotatable bonds is 4. The first-order valence-electron chi connectivity index (χ1n) is 8.68. The molecule has 1 heterocycles. The van der Waals surface area contributed by atoms with E-state index in [0.717, 1.165) is 37.8 Å². The number of carbonyl (C=O) groups excluding carboxylic acids is 1. The van der Waals surface area contributed by atoms with E-state index in [1.54, 1.807) is 0 Å². The number of halogens is 5. The van der Waals surface area contributed by atoms with E-state index >= 15 is 0 Å². The van der Waals surface area contributed by atoms with Crippen molar-refractivity contribution in [3.8, 4) is 5.75 Å². The number of hydrogen-bond acceptors (Lipinski definition) is 5. The summed E-state index contributed by atoms with van der Waals surface area (Å²) in [5.41, 5.74) is -5.44. The number of ketones is 1. The van der Waals surface area contributed by atoms with Gasteiger partial charge in [-0.1, -0.05) is 29.6 Å². The van der Waals surface area contributed by atoms with Crippen LogP contribution in [0.2, 0.25) is 10.0 Å². The lowest BCUT2D eigenvalue weighted by molar-refractivity contribution is -0.130. The number of likely N-dealkylation sites (tertiary alicyclic amines) is 1. The van der Waals surface area contributed by atoms with Gasteiger partial charge in [-0.05, 0) is 25.8 Å². The highest BCUT2D eigenvalue weighted by Gasteiger charge is 2.49. The van der Waals surface area contributed by atoms with E-state index in [2.05, 4.69) is 4.18 Å². The smallest absolute Gasteiger partial charge is 0.376 e. The van der Waals surface area contributed by atoms with Crippen LogP contribution >= 0.6 is 23.2 Å². The highest BCUT2D eigenvalue weighted by Crippen LogP contribution is 2.42. The summed E-state index contributed by atoms with van der Waals surface area (Å²) >= 11 is 12.3. The third kappa shape index (κ3) is 4.27. The summed E-state index contributed by atoms with van der Waals surface area (Å²) in [6, 6.07) is 1.98. The average Bonchev–Trinajstić information content (AvgIpc) is 2.96. The van der Waals surface area contributed by atoms with Crippen molar-refractivity contribution >= 4 is 39.1 Å². The van der Waals surface area contributed by atoms with Crippen molar-refractivity contribution in [1.82, 2.24) is 4.90 Å². The van der Waals surface area contributed by atoms with Crippen molar-refractivity contribution in [2.75, 3.05) is 13.1 Å². The Balaban J connectivity index is 1.75. The van der Waals surface area contributed by atoms with Crippen molar-refractivity contribution in [2.45, 2.75) is 44.2 Å². The zero-order valence-corrected chi connectivity index (χ0v) is 17.0. The van der Waals surface area contributed by atoms with Crippen LogP contribution in [0.25, 0.3) is 0 Å². The van der Waals surface area contributed by atoms with Gasteiger partial charge in [-0.2, -0.15) is 21.6 Å². The minimum atomic E-state index is -5.81. The molecule has 2 fully saturated rings. The van der Waals surface area contributed by atoms with E-state index < -0.39 is 21.4 Å². The summed E-state index contributed by atoms with van der Waals surface area (Å²) < 4.78 is 63.7. The molecular formula is C17H18Cl2F3NO4S. The molecule has 5 nitrogen and oxygen atoms in total. The third-order valence-electron chi connectivity index (χ3n) is 5.32. The molecule has 0 aromatic heterocycles. The van der Waals surface area contributed by atoms with Crippen LogP contribution in [0.1, 0.15) is 37.7 Å². The van der Waals surface area contributed by atoms with Crippen LogP contribution in [-0.2, 0) is 21.5 Å². The van der Waals surface area contributed by atoms with Crippen LogP contribution in [0.4, 0.5) is 13.2 Å². The van der Waals surface area contributed by atoms with Crippen molar-refractivity contribution in [3.63, 3.8) is 0 Å². The van der Waals surface area contributed by atoms with Gasteiger partial charge in [0, 0.05) is 42.6 Å². The van der Waals surface area contributed by atoms with Gasteiger partial charge in [-0.15, -0.1) is 0 Å². The number of benzene rings is 1. The molecule has 1 saturated heterocycles. The summed E-state index contributed by atoms with van der Waals surface area (Å²) in [4.78, 5) is 14.4. The molecule has 1 atom stereocenters. The predicted molar refractivity (Wildman–Crippen MR) is 97.9 cm³/mol. The Labute approximate surface area is 170 Å². The van der Waals surface area contributed by atoms with Gasteiger partial charge in [0.25, 0.3) is 0 Å². The monoisotopic (exact) mass is 459 g/mol. The summed E-state index contributed by atoms with van der Waals surface area (Å²) in [6.45, 7) is 1.57. The van der Waals surface area contributed by atoms with Crippen LogP contribution in [0.3, 0.4) is 0 Å². The molecular weight excluding hydrogens is 442 g/mol. The van der Waals surface area contributed by atoms with Gasteiger partial charge in [-0.3, -0.25) is 9.69 Å². The maximum absolute atomic E-state index is 12.5. The van der Waals surface area contributed by atoms with E-state index in [1.807, 2.05) is 4.90 Å². The second kappa shape index (κ2) is 7.66. The normalized spacial score (nSPS) is 24.1. The number of hydrogen-bond donors (Lipinski definition) is 0. The van der Waals surface area contributed by atoms with Gasteiger partial charge in [0.05, 0.1) is 10.0 Å². The molecule has 0 amide bonds. The zero-order chi connectivity index (χ0) is 20.7. The van der Waals surface area contributed by atoms with Gasteiger partial charge in [0.15, 0.2) is 0 Å². The summed E-state index contributed by atoms with van der Waals surface area (Å²) in [5, 5.41) is -0.00779. The number of Topliss-reactive ketones (excluding diaryl/α,β-unsaturated/α-hetero) is 1. The average molecular weight is 460 g/mol. The molecule has 1 aromatic rings. The molecule has 1 saturated carbocycles. The molecule has 1 aromatic carbocycles. The molecule has 0 N–H and O–H groups in total. The molecule has 3 rings (SSSR count). The van der Waals surface area contributed by atoms with Gasteiger partial charge in [0.2, 0.25) is 0 Å². The standard InChI is InChI=1S/C17H18Cl2F3NO4S/c18-13-7-11(27-28(25,26)17(20,21)22)8-14(19)12(13)9-23-6-5-16(10-23)4-2-1-3-15(16)24/h7-8H,1-6,9-10H2. The lowest BCUT2D eigenvalue weighted by atomic mass is 9.72. The topological polar surface area (TPSA) is 63.7 Å². The maximum Gasteiger partial charge on any atom is 0.534 e. The Morgan fingerprint density at radius 1 is 1.14 bits per heavy atom. The van der Waals surface area contributed by atoms with E-state index in [-0.39, 0.29) is 21.2 Å². The van der Waals surface area contributed by atoms with E-state index in [1.165, 1.54) is 0 Å². The van der Waals surface area contributed by atoms with Gasteiger partial charge < -0.3 is 4.18 Å². The van der Waals surface area contributed by atoms with Crippen molar-refractivity contribution in [1.29, 1.82) is 0 Å². The van der Waals surface area contributed by atoms with Crippen molar-refractivity contribution in [2.24, 2.45) is 5.41 Å². The van der Waals surface area contributed by atoms with E-state index in [9.17, 15) is 26.4 Å². The minimum Gasteiger partial charge on any atom is -0.376 e.